The van der Waals surface area contributed by atoms with Crippen molar-refractivity contribution in [2.24, 2.45) is 0 Å². The van der Waals surface area contributed by atoms with E-state index >= 15 is 0 Å². The molecule has 1 aliphatic rings. The second-order valence-electron chi connectivity index (χ2n) is 7.09. The second-order valence-corrected chi connectivity index (χ2v) is 7.09. The first-order chi connectivity index (χ1) is 14.0. The summed E-state index contributed by atoms with van der Waals surface area (Å²) >= 11 is 0. The zero-order valence-corrected chi connectivity index (χ0v) is 16.0. The molecule has 0 unspecified atom stereocenters. The third kappa shape index (κ3) is 3.90. The molecule has 0 saturated heterocycles. The van der Waals surface area contributed by atoms with Crippen molar-refractivity contribution in [2.75, 3.05) is 11.5 Å². The molecule has 3 aromatic rings. The second kappa shape index (κ2) is 7.87. The molecule has 29 heavy (non-hydrogen) atoms. The van der Waals surface area contributed by atoms with Gasteiger partial charge in [-0.3, -0.25) is 9.59 Å². The van der Waals surface area contributed by atoms with Gasteiger partial charge < -0.3 is 9.64 Å². The minimum atomic E-state index is -0.384. The van der Waals surface area contributed by atoms with Crippen LogP contribution in [0.2, 0.25) is 0 Å². The van der Waals surface area contributed by atoms with Gasteiger partial charge in [0.1, 0.15) is 11.6 Å². The number of carbonyl (C=O) groups is 2. The number of hydrogen-bond donors (Lipinski definition) is 0. The predicted molar refractivity (Wildman–Crippen MR) is 109 cm³/mol. The SMILES string of the molecule is C[C@H]1Cc2ccccc2N1C(=O)COc1ccc(C(=O)c2ccc(F)cc2)cc1. The Labute approximate surface area is 168 Å². The molecule has 0 aromatic heterocycles. The molecule has 0 spiro atoms. The fourth-order valence-corrected chi connectivity index (χ4v) is 3.63. The van der Waals surface area contributed by atoms with Crippen molar-refractivity contribution in [3.05, 3.63) is 95.3 Å². The number of halogens is 1. The van der Waals surface area contributed by atoms with Crippen LogP contribution in [0.1, 0.15) is 28.4 Å². The van der Waals surface area contributed by atoms with Gasteiger partial charge in [0.15, 0.2) is 12.4 Å². The van der Waals surface area contributed by atoms with Gasteiger partial charge in [-0.2, -0.15) is 0 Å². The first-order valence-electron chi connectivity index (χ1n) is 9.46. The molecule has 0 saturated carbocycles. The molecular formula is C24H20FNO3. The predicted octanol–water partition coefficient (Wildman–Crippen LogP) is 4.41. The molecule has 1 atom stereocenters. The summed E-state index contributed by atoms with van der Waals surface area (Å²) < 4.78 is 18.7. The lowest BCUT2D eigenvalue weighted by molar-refractivity contribution is -0.120. The summed E-state index contributed by atoms with van der Waals surface area (Å²) in [5, 5.41) is 0. The number of amides is 1. The van der Waals surface area contributed by atoms with Crippen molar-refractivity contribution in [3.8, 4) is 5.75 Å². The average Bonchev–Trinajstić information content (AvgIpc) is 3.08. The van der Waals surface area contributed by atoms with Crippen LogP contribution in [0.4, 0.5) is 10.1 Å². The number of ketones is 1. The minimum absolute atomic E-state index is 0.0794. The van der Waals surface area contributed by atoms with E-state index in [0.717, 1.165) is 17.7 Å². The molecular weight excluding hydrogens is 369 g/mol. The first kappa shape index (κ1) is 18.9. The highest BCUT2D eigenvalue weighted by molar-refractivity contribution is 6.09. The topological polar surface area (TPSA) is 46.6 Å². The number of ether oxygens (including phenoxy) is 1. The van der Waals surface area contributed by atoms with Gasteiger partial charge in [0.25, 0.3) is 5.91 Å². The summed E-state index contributed by atoms with van der Waals surface area (Å²) in [4.78, 5) is 26.9. The normalized spacial score (nSPS) is 15.1. The van der Waals surface area contributed by atoms with Crippen molar-refractivity contribution in [1.29, 1.82) is 0 Å². The van der Waals surface area contributed by atoms with E-state index in [1.807, 2.05) is 31.2 Å². The maximum absolute atomic E-state index is 13.0. The highest BCUT2D eigenvalue weighted by Gasteiger charge is 2.30. The van der Waals surface area contributed by atoms with Crippen LogP contribution in [-0.2, 0) is 11.2 Å². The van der Waals surface area contributed by atoms with Crippen LogP contribution < -0.4 is 9.64 Å². The van der Waals surface area contributed by atoms with Gasteiger partial charge in [-0.1, -0.05) is 18.2 Å². The Bertz CT molecular complexity index is 1040. The third-order valence-electron chi connectivity index (χ3n) is 5.06. The molecule has 1 amide bonds. The fourth-order valence-electron chi connectivity index (χ4n) is 3.63. The van der Waals surface area contributed by atoms with E-state index in [0.29, 0.717) is 16.9 Å². The Hall–Kier alpha value is -3.47. The van der Waals surface area contributed by atoms with Crippen LogP contribution in [0.5, 0.6) is 5.75 Å². The van der Waals surface area contributed by atoms with E-state index in [-0.39, 0.29) is 30.2 Å². The van der Waals surface area contributed by atoms with Gasteiger partial charge in [0.2, 0.25) is 0 Å². The maximum atomic E-state index is 13.0. The molecule has 4 nitrogen and oxygen atoms in total. The average molecular weight is 389 g/mol. The quantitative estimate of drug-likeness (QED) is 0.607. The van der Waals surface area contributed by atoms with E-state index in [9.17, 15) is 14.0 Å². The van der Waals surface area contributed by atoms with Gasteiger partial charge in [-0.25, -0.2) is 4.39 Å². The highest BCUT2D eigenvalue weighted by Crippen LogP contribution is 2.31. The van der Waals surface area contributed by atoms with E-state index < -0.39 is 0 Å². The fraction of sp³-hybridized carbons (Fsp3) is 0.167. The lowest BCUT2D eigenvalue weighted by atomic mass is 10.0. The monoisotopic (exact) mass is 389 g/mol. The molecule has 0 aliphatic carbocycles. The lowest BCUT2D eigenvalue weighted by Gasteiger charge is -2.22. The minimum Gasteiger partial charge on any atom is -0.484 e. The van der Waals surface area contributed by atoms with Crippen LogP contribution in [0, 0.1) is 5.82 Å². The lowest BCUT2D eigenvalue weighted by Crippen LogP contribution is -2.39. The number of nitrogens with zero attached hydrogens (tertiary/aromatic N) is 1. The van der Waals surface area contributed by atoms with Crippen LogP contribution >= 0.6 is 0 Å². The Morgan fingerprint density at radius 1 is 0.966 bits per heavy atom. The molecule has 146 valence electrons. The number of para-hydroxylation sites is 1. The first-order valence-corrected chi connectivity index (χ1v) is 9.46. The van der Waals surface area contributed by atoms with Gasteiger partial charge in [0.05, 0.1) is 0 Å². The number of fused-ring (bicyclic) bond motifs is 1. The van der Waals surface area contributed by atoms with Crippen LogP contribution in [0.15, 0.2) is 72.8 Å². The molecule has 0 fully saturated rings. The van der Waals surface area contributed by atoms with Gasteiger partial charge >= 0.3 is 0 Å². The summed E-state index contributed by atoms with van der Waals surface area (Å²) in [6, 6.07) is 20.0. The third-order valence-corrected chi connectivity index (χ3v) is 5.06. The van der Waals surface area contributed by atoms with Gasteiger partial charge in [-0.15, -0.1) is 0 Å². The van der Waals surface area contributed by atoms with Crippen LogP contribution in [0.25, 0.3) is 0 Å². The zero-order chi connectivity index (χ0) is 20.4. The van der Waals surface area contributed by atoms with E-state index in [4.69, 9.17) is 4.74 Å². The Kier molecular flexibility index (Phi) is 5.12. The van der Waals surface area contributed by atoms with Crippen molar-refractivity contribution in [1.82, 2.24) is 0 Å². The van der Waals surface area contributed by atoms with Crippen molar-refractivity contribution in [2.45, 2.75) is 19.4 Å². The number of benzene rings is 3. The summed E-state index contributed by atoms with van der Waals surface area (Å²) in [6.07, 6.45) is 0.835. The van der Waals surface area contributed by atoms with E-state index in [1.54, 1.807) is 29.2 Å². The molecule has 0 bridgehead atoms. The Balaban J connectivity index is 1.40. The molecule has 0 radical (unpaired) electrons. The van der Waals surface area contributed by atoms with Crippen molar-refractivity contribution < 1.29 is 18.7 Å². The molecule has 0 N–H and O–H groups in total. The van der Waals surface area contributed by atoms with Gasteiger partial charge in [0, 0.05) is 22.9 Å². The standard InChI is InChI=1S/C24H20FNO3/c1-16-14-19-4-2-3-5-22(19)26(16)23(27)15-29-21-12-8-18(9-13-21)24(28)17-6-10-20(25)11-7-17/h2-13,16H,14-15H2,1H3/t16-/m0/s1. The Morgan fingerprint density at radius 2 is 1.59 bits per heavy atom. The number of hydrogen-bond acceptors (Lipinski definition) is 3. The van der Waals surface area contributed by atoms with Crippen molar-refractivity contribution >= 4 is 17.4 Å². The zero-order valence-electron chi connectivity index (χ0n) is 16.0. The summed E-state index contributed by atoms with van der Waals surface area (Å²) in [5.74, 6) is -0.178. The summed E-state index contributed by atoms with van der Waals surface area (Å²) in [7, 11) is 0. The smallest absolute Gasteiger partial charge is 0.265 e. The van der Waals surface area contributed by atoms with Crippen LogP contribution in [-0.4, -0.2) is 24.3 Å². The van der Waals surface area contributed by atoms with E-state index in [2.05, 4.69) is 0 Å². The molecule has 5 heteroatoms. The highest BCUT2D eigenvalue weighted by atomic mass is 19.1. The molecule has 4 rings (SSSR count). The molecule has 1 aliphatic heterocycles. The number of carbonyl (C=O) groups excluding carboxylic acids is 2. The maximum Gasteiger partial charge on any atom is 0.265 e. The van der Waals surface area contributed by atoms with Gasteiger partial charge in [-0.05, 0) is 73.5 Å². The van der Waals surface area contributed by atoms with Crippen LogP contribution in [0.3, 0.4) is 0 Å². The van der Waals surface area contributed by atoms with E-state index in [1.165, 1.54) is 24.3 Å². The number of anilines is 1. The summed E-state index contributed by atoms with van der Waals surface area (Å²) in [5.41, 5.74) is 2.99. The molecule has 1 heterocycles. The largest absolute Gasteiger partial charge is 0.484 e. The summed E-state index contributed by atoms with van der Waals surface area (Å²) in [6.45, 7) is 1.94. The van der Waals surface area contributed by atoms with Crippen molar-refractivity contribution in [3.63, 3.8) is 0 Å². The Morgan fingerprint density at radius 3 is 2.28 bits per heavy atom. The number of rotatable bonds is 5. The molecule has 3 aromatic carbocycles.